The smallest absolute Gasteiger partial charge is 0.416 e. The number of carbonyl (C=O) groups excluding carboxylic acids is 1. The molecule has 0 aliphatic carbocycles. The van der Waals surface area contributed by atoms with Crippen LogP contribution in [0.5, 0.6) is 0 Å². The van der Waals surface area contributed by atoms with Crippen molar-refractivity contribution in [1.29, 1.82) is 0 Å². The summed E-state index contributed by atoms with van der Waals surface area (Å²) in [5, 5.41) is 10.8. The molecule has 0 aliphatic heterocycles. The number of nitrogens with zero attached hydrogens (tertiary/aromatic N) is 1. The molecule has 5 nitrogen and oxygen atoms in total. The summed E-state index contributed by atoms with van der Waals surface area (Å²) < 4.78 is 37.5. The highest BCUT2D eigenvalue weighted by molar-refractivity contribution is 6.33. The minimum absolute atomic E-state index is 0.00879. The van der Waals surface area contributed by atoms with E-state index in [0.717, 1.165) is 17.0 Å². The number of nitrogens with one attached hydrogen (secondary N) is 1. The highest BCUT2D eigenvalue weighted by atomic mass is 35.5. The number of urea groups is 1. The Morgan fingerprint density at radius 2 is 2.00 bits per heavy atom. The third kappa shape index (κ3) is 4.80. The van der Waals surface area contributed by atoms with Crippen molar-refractivity contribution in [3.05, 3.63) is 28.8 Å². The van der Waals surface area contributed by atoms with E-state index in [4.69, 9.17) is 16.7 Å². The van der Waals surface area contributed by atoms with E-state index >= 15 is 0 Å². The highest BCUT2D eigenvalue weighted by Gasteiger charge is 2.31. The van der Waals surface area contributed by atoms with Crippen molar-refractivity contribution in [3.63, 3.8) is 0 Å². The van der Waals surface area contributed by atoms with Crippen molar-refractivity contribution in [2.24, 2.45) is 5.92 Å². The number of halogens is 4. The van der Waals surface area contributed by atoms with E-state index in [2.05, 4.69) is 5.32 Å². The zero-order chi connectivity index (χ0) is 17.1. The number of hydrogen-bond donors (Lipinski definition) is 2. The number of aliphatic carboxylic acids is 1. The van der Waals surface area contributed by atoms with Gasteiger partial charge in [0, 0.05) is 13.6 Å². The predicted octanol–water partition coefficient (Wildman–Crippen LogP) is 3.54. The van der Waals surface area contributed by atoms with Crippen molar-refractivity contribution in [2.45, 2.75) is 13.1 Å². The summed E-state index contributed by atoms with van der Waals surface area (Å²) in [4.78, 5) is 23.7. The predicted molar refractivity (Wildman–Crippen MR) is 74.9 cm³/mol. The molecule has 1 aromatic rings. The van der Waals surface area contributed by atoms with Crippen LogP contribution in [0.1, 0.15) is 12.5 Å². The summed E-state index contributed by atoms with van der Waals surface area (Å²) in [5.41, 5.74) is -0.919. The van der Waals surface area contributed by atoms with Gasteiger partial charge in [0.25, 0.3) is 0 Å². The molecule has 122 valence electrons. The number of rotatable bonds is 4. The normalized spacial score (nSPS) is 12.6. The summed E-state index contributed by atoms with van der Waals surface area (Å²) >= 11 is 5.71. The average Bonchev–Trinajstić information content (AvgIpc) is 2.39. The van der Waals surface area contributed by atoms with Gasteiger partial charge in [0.05, 0.1) is 22.2 Å². The molecular formula is C13H14ClF3N2O3. The number of carboxylic acids is 1. The van der Waals surface area contributed by atoms with Crippen LogP contribution in [-0.2, 0) is 11.0 Å². The summed E-state index contributed by atoms with van der Waals surface area (Å²) in [6.45, 7) is 1.37. The second kappa shape index (κ2) is 6.87. The van der Waals surface area contributed by atoms with E-state index in [9.17, 15) is 22.8 Å². The third-order valence-electron chi connectivity index (χ3n) is 2.85. The monoisotopic (exact) mass is 338 g/mol. The van der Waals surface area contributed by atoms with E-state index in [-0.39, 0.29) is 17.3 Å². The molecule has 22 heavy (non-hydrogen) atoms. The number of benzene rings is 1. The van der Waals surface area contributed by atoms with Gasteiger partial charge in [0.1, 0.15) is 0 Å². The summed E-state index contributed by atoms with van der Waals surface area (Å²) in [7, 11) is 1.37. The van der Waals surface area contributed by atoms with Gasteiger partial charge >= 0.3 is 18.2 Å². The molecule has 0 spiro atoms. The van der Waals surface area contributed by atoms with Crippen LogP contribution in [0.3, 0.4) is 0 Å². The number of anilines is 1. The fraction of sp³-hybridized carbons (Fsp3) is 0.385. The molecule has 2 amide bonds. The second-order valence-corrected chi connectivity index (χ2v) is 5.15. The molecule has 1 aromatic carbocycles. The van der Waals surface area contributed by atoms with Gasteiger partial charge < -0.3 is 15.3 Å². The Hall–Kier alpha value is -1.96. The Morgan fingerprint density at radius 3 is 2.45 bits per heavy atom. The first-order chi connectivity index (χ1) is 10.0. The molecule has 0 saturated heterocycles. The van der Waals surface area contributed by atoms with Crippen molar-refractivity contribution in [2.75, 3.05) is 18.9 Å². The van der Waals surface area contributed by atoms with Gasteiger partial charge in [-0.3, -0.25) is 4.79 Å². The van der Waals surface area contributed by atoms with E-state index in [1.54, 1.807) is 0 Å². The Labute approximate surface area is 129 Å². The standard InChI is InChI=1S/C13H14ClF3N2O3/c1-7(11(20)21)6-19(2)12(22)18-10-4-3-8(5-9(10)14)13(15,16)17/h3-5,7H,6H2,1-2H3,(H,18,22)(H,20,21). The summed E-state index contributed by atoms with van der Waals surface area (Å²) in [5.74, 6) is -1.84. The molecule has 1 rings (SSSR count). The number of carboxylic acid groups (broad SMARTS) is 1. The quantitative estimate of drug-likeness (QED) is 0.882. The number of alkyl halides is 3. The summed E-state index contributed by atoms with van der Waals surface area (Å²) in [6, 6.07) is 1.87. The third-order valence-corrected chi connectivity index (χ3v) is 3.17. The Kier molecular flexibility index (Phi) is 5.65. The lowest BCUT2D eigenvalue weighted by Crippen LogP contribution is -2.36. The number of amides is 2. The van der Waals surface area contributed by atoms with Gasteiger partial charge in [-0.2, -0.15) is 13.2 Å². The van der Waals surface area contributed by atoms with Crippen LogP contribution >= 0.6 is 11.6 Å². The molecule has 0 aliphatic rings. The molecular weight excluding hydrogens is 325 g/mol. The van der Waals surface area contributed by atoms with Crippen LogP contribution in [0.2, 0.25) is 5.02 Å². The molecule has 0 aromatic heterocycles. The fourth-order valence-corrected chi connectivity index (χ4v) is 1.80. The fourth-order valence-electron chi connectivity index (χ4n) is 1.58. The van der Waals surface area contributed by atoms with Crippen LogP contribution in [-0.4, -0.2) is 35.6 Å². The molecule has 0 bridgehead atoms. The first kappa shape index (κ1) is 18.1. The van der Waals surface area contributed by atoms with Crippen LogP contribution in [0.15, 0.2) is 18.2 Å². The number of hydrogen-bond acceptors (Lipinski definition) is 2. The first-order valence-corrected chi connectivity index (χ1v) is 6.52. The average molecular weight is 339 g/mol. The zero-order valence-corrected chi connectivity index (χ0v) is 12.5. The Balaban J connectivity index is 2.78. The molecule has 0 radical (unpaired) electrons. The minimum atomic E-state index is -4.53. The maximum Gasteiger partial charge on any atom is 0.416 e. The molecule has 0 fully saturated rings. The first-order valence-electron chi connectivity index (χ1n) is 6.14. The zero-order valence-electron chi connectivity index (χ0n) is 11.7. The lowest BCUT2D eigenvalue weighted by atomic mass is 10.2. The van der Waals surface area contributed by atoms with E-state index < -0.39 is 29.7 Å². The van der Waals surface area contributed by atoms with Gasteiger partial charge in [-0.15, -0.1) is 0 Å². The molecule has 1 atom stereocenters. The van der Waals surface area contributed by atoms with E-state index in [1.165, 1.54) is 14.0 Å². The molecule has 0 saturated carbocycles. The lowest BCUT2D eigenvalue weighted by molar-refractivity contribution is -0.141. The highest BCUT2D eigenvalue weighted by Crippen LogP contribution is 2.33. The van der Waals surface area contributed by atoms with Crippen LogP contribution in [0.25, 0.3) is 0 Å². The largest absolute Gasteiger partial charge is 0.481 e. The van der Waals surface area contributed by atoms with Crippen molar-refractivity contribution in [3.8, 4) is 0 Å². The SMILES string of the molecule is CC(CN(C)C(=O)Nc1ccc(C(F)(F)F)cc1Cl)C(=O)O. The molecule has 9 heteroatoms. The summed E-state index contributed by atoms with van der Waals surface area (Å²) in [6.07, 6.45) is -4.53. The van der Waals surface area contributed by atoms with Gasteiger partial charge in [-0.05, 0) is 18.2 Å². The van der Waals surface area contributed by atoms with Crippen LogP contribution < -0.4 is 5.32 Å². The maximum atomic E-state index is 12.5. The van der Waals surface area contributed by atoms with Crippen LogP contribution in [0, 0.1) is 5.92 Å². The number of carbonyl (C=O) groups is 2. The molecule has 2 N–H and O–H groups in total. The minimum Gasteiger partial charge on any atom is -0.481 e. The maximum absolute atomic E-state index is 12.5. The second-order valence-electron chi connectivity index (χ2n) is 4.74. The van der Waals surface area contributed by atoms with Crippen molar-refractivity contribution < 1.29 is 27.9 Å². The Bertz CT molecular complexity index is 578. The van der Waals surface area contributed by atoms with E-state index in [0.29, 0.717) is 6.07 Å². The topological polar surface area (TPSA) is 69.6 Å². The molecule has 1 unspecified atom stereocenters. The van der Waals surface area contributed by atoms with Crippen molar-refractivity contribution in [1.82, 2.24) is 4.90 Å². The van der Waals surface area contributed by atoms with Gasteiger partial charge in [0.15, 0.2) is 0 Å². The van der Waals surface area contributed by atoms with Crippen LogP contribution in [0.4, 0.5) is 23.7 Å². The molecule has 0 heterocycles. The van der Waals surface area contributed by atoms with Gasteiger partial charge in [-0.25, -0.2) is 4.79 Å². The van der Waals surface area contributed by atoms with Crippen molar-refractivity contribution >= 4 is 29.3 Å². The Morgan fingerprint density at radius 1 is 1.41 bits per heavy atom. The van der Waals surface area contributed by atoms with E-state index in [1.807, 2.05) is 0 Å². The van der Waals surface area contributed by atoms with Gasteiger partial charge in [0.2, 0.25) is 0 Å². The lowest BCUT2D eigenvalue weighted by Gasteiger charge is -2.20. The van der Waals surface area contributed by atoms with Gasteiger partial charge in [-0.1, -0.05) is 18.5 Å².